The van der Waals surface area contributed by atoms with Crippen molar-refractivity contribution in [1.29, 1.82) is 0 Å². The van der Waals surface area contributed by atoms with Crippen LogP contribution in [0.3, 0.4) is 0 Å². The fraction of sp³-hybridized carbons (Fsp3) is 0.875. The first-order chi connectivity index (χ1) is 4.72. The summed E-state index contributed by atoms with van der Waals surface area (Å²) < 4.78 is 0. The molecule has 0 aromatic carbocycles. The van der Waals surface area contributed by atoms with E-state index in [1.807, 2.05) is 6.92 Å². The van der Waals surface area contributed by atoms with E-state index in [-0.39, 0.29) is 11.8 Å². The number of hydrogen-bond acceptors (Lipinski definition) is 2. The van der Waals surface area contributed by atoms with Gasteiger partial charge in [-0.1, -0.05) is 20.3 Å². The zero-order chi connectivity index (χ0) is 7.98. The highest BCUT2D eigenvalue weighted by Gasteiger charge is 2.08. The highest BCUT2D eigenvalue weighted by Crippen LogP contribution is 1.99. The van der Waals surface area contributed by atoms with Crippen LogP contribution in [0.1, 0.15) is 39.5 Å². The molecule has 0 aromatic heterocycles. The van der Waals surface area contributed by atoms with E-state index < -0.39 is 0 Å². The Balaban J connectivity index is 3.42. The molecule has 0 amide bonds. The minimum Gasteiger partial charge on any atom is -0.322 e. The molecule has 0 saturated carbocycles. The van der Waals surface area contributed by atoms with Gasteiger partial charge in [0.2, 0.25) is 0 Å². The molecular weight excluding hydrogens is 126 g/mol. The van der Waals surface area contributed by atoms with E-state index in [1.165, 1.54) is 0 Å². The molecule has 0 spiro atoms. The van der Waals surface area contributed by atoms with Gasteiger partial charge < -0.3 is 5.73 Å². The van der Waals surface area contributed by atoms with E-state index in [0.717, 1.165) is 19.3 Å². The molecule has 1 unspecified atom stereocenters. The van der Waals surface area contributed by atoms with E-state index >= 15 is 0 Å². The molecule has 0 heterocycles. The number of carbonyl (C=O) groups excluding carboxylic acids is 1. The monoisotopic (exact) mass is 143 g/mol. The molecular formula is C8H17NO. The average Bonchev–Trinajstić information content (AvgIpc) is 1.98. The first-order valence-electron chi connectivity index (χ1n) is 4.00. The van der Waals surface area contributed by atoms with Crippen molar-refractivity contribution < 1.29 is 4.79 Å². The Morgan fingerprint density at radius 1 is 1.50 bits per heavy atom. The predicted octanol–water partition coefficient (Wildman–Crippen LogP) is 1.48. The second kappa shape index (κ2) is 5.42. The van der Waals surface area contributed by atoms with Crippen molar-refractivity contribution in [2.75, 3.05) is 0 Å². The molecule has 0 fully saturated rings. The predicted molar refractivity (Wildman–Crippen MR) is 42.8 cm³/mol. The number of rotatable bonds is 5. The highest BCUT2D eigenvalue weighted by atomic mass is 16.1. The van der Waals surface area contributed by atoms with Crippen molar-refractivity contribution in [3.05, 3.63) is 0 Å². The van der Waals surface area contributed by atoms with E-state index in [9.17, 15) is 4.79 Å². The van der Waals surface area contributed by atoms with Crippen molar-refractivity contribution in [2.24, 2.45) is 5.73 Å². The Morgan fingerprint density at radius 3 is 2.50 bits per heavy atom. The second-order valence-corrected chi connectivity index (χ2v) is 2.58. The molecule has 10 heavy (non-hydrogen) atoms. The summed E-state index contributed by atoms with van der Waals surface area (Å²) in [6, 6.07) is -0.216. The SMILES string of the molecule is CCCCC(=O)C(N)CC. The number of ketones is 1. The van der Waals surface area contributed by atoms with Gasteiger partial charge in [-0.3, -0.25) is 4.79 Å². The van der Waals surface area contributed by atoms with Gasteiger partial charge in [-0.25, -0.2) is 0 Å². The summed E-state index contributed by atoms with van der Waals surface area (Å²) in [6.45, 7) is 4.01. The Hall–Kier alpha value is -0.370. The third kappa shape index (κ3) is 3.62. The third-order valence-electron chi connectivity index (χ3n) is 1.63. The summed E-state index contributed by atoms with van der Waals surface area (Å²) in [5, 5.41) is 0. The normalized spacial score (nSPS) is 13.1. The Kier molecular flexibility index (Phi) is 5.22. The lowest BCUT2D eigenvalue weighted by Crippen LogP contribution is -2.29. The number of nitrogens with two attached hydrogens (primary N) is 1. The van der Waals surface area contributed by atoms with Crippen LogP contribution in [-0.4, -0.2) is 11.8 Å². The van der Waals surface area contributed by atoms with Gasteiger partial charge >= 0.3 is 0 Å². The van der Waals surface area contributed by atoms with Crippen LogP contribution < -0.4 is 5.73 Å². The molecule has 0 saturated heterocycles. The molecule has 0 aromatic rings. The van der Waals surface area contributed by atoms with Crippen LogP contribution in [0, 0.1) is 0 Å². The standard InChI is InChI=1S/C8H17NO/c1-3-5-6-8(10)7(9)4-2/h7H,3-6,9H2,1-2H3. The number of Topliss-reactive ketones (excluding diaryl/α,β-unsaturated/α-hetero) is 1. The minimum atomic E-state index is -0.216. The quantitative estimate of drug-likeness (QED) is 0.633. The summed E-state index contributed by atoms with van der Waals surface area (Å²) >= 11 is 0. The first kappa shape index (κ1) is 9.63. The summed E-state index contributed by atoms with van der Waals surface area (Å²) in [5.74, 6) is 0.212. The van der Waals surface area contributed by atoms with E-state index in [2.05, 4.69) is 6.92 Å². The Morgan fingerprint density at radius 2 is 2.10 bits per heavy atom. The Bertz CT molecular complexity index is 101. The van der Waals surface area contributed by atoms with E-state index in [4.69, 9.17) is 5.73 Å². The van der Waals surface area contributed by atoms with Crippen LogP contribution in [0.4, 0.5) is 0 Å². The van der Waals surface area contributed by atoms with Crippen LogP contribution in [-0.2, 0) is 4.79 Å². The molecule has 0 bridgehead atoms. The maximum atomic E-state index is 11.0. The average molecular weight is 143 g/mol. The van der Waals surface area contributed by atoms with Crippen LogP contribution >= 0.6 is 0 Å². The van der Waals surface area contributed by atoms with Gasteiger partial charge in [0.15, 0.2) is 0 Å². The molecule has 2 nitrogen and oxygen atoms in total. The lowest BCUT2D eigenvalue weighted by molar-refractivity contribution is -0.120. The molecule has 2 heteroatoms. The molecule has 0 aliphatic heterocycles. The van der Waals surface area contributed by atoms with Crippen molar-refractivity contribution in [3.8, 4) is 0 Å². The number of carbonyl (C=O) groups is 1. The molecule has 1 atom stereocenters. The van der Waals surface area contributed by atoms with Gasteiger partial charge in [-0.15, -0.1) is 0 Å². The number of hydrogen-bond donors (Lipinski definition) is 1. The second-order valence-electron chi connectivity index (χ2n) is 2.58. The lowest BCUT2D eigenvalue weighted by atomic mass is 10.1. The Labute approximate surface area is 62.8 Å². The van der Waals surface area contributed by atoms with E-state index in [0.29, 0.717) is 6.42 Å². The first-order valence-corrected chi connectivity index (χ1v) is 4.00. The van der Waals surface area contributed by atoms with Crippen LogP contribution in [0.25, 0.3) is 0 Å². The molecule has 0 aliphatic rings. The van der Waals surface area contributed by atoms with Gasteiger partial charge in [0.25, 0.3) is 0 Å². The molecule has 2 N–H and O–H groups in total. The van der Waals surface area contributed by atoms with Crippen molar-refractivity contribution in [3.63, 3.8) is 0 Å². The van der Waals surface area contributed by atoms with Gasteiger partial charge in [0.1, 0.15) is 5.78 Å². The van der Waals surface area contributed by atoms with Crippen molar-refractivity contribution >= 4 is 5.78 Å². The molecule has 0 aliphatic carbocycles. The van der Waals surface area contributed by atoms with Gasteiger partial charge in [-0.05, 0) is 12.8 Å². The van der Waals surface area contributed by atoms with Crippen molar-refractivity contribution in [2.45, 2.75) is 45.6 Å². The smallest absolute Gasteiger partial charge is 0.149 e. The van der Waals surface area contributed by atoms with Gasteiger partial charge in [0, 0.05) is 6.42 Å². The summed E-state index contributed by atoms with van der Waals surface area (Å²) in [7, 11) is 0. The fourth-order valence-electron chi connectivity index (χ4n) is 0.764. The van der Waals surface area contributed by atoms with Crippen LogP contribution in [0.5, 0.6) is 0 Å². The summed E-state index contributed by atoms with van der Waals surface area (Å²) in [5.41, 5.74) is 5.51. The molecule has 0 rings (SSSR count). The van der Waals surface area contributed by atoms with Crippen LogP contribution in [0.2, 0.25) is 0 Å². The van der Waals surface area contributed by atoms with Crippen LogP contribution in [0.15, 0.2) is 0 Å². The topological polar surface area (TPSA) is 43.1 Å². The lowest BCUT2D eigenvalue weighted by Gasteiger charge is -2.05. The maximum absolute atomic E-state index is 11.0. The largest absolute Gasteiger partial charge is 0.322 e. The zero-order valence-electron chi connectivity index (χ0n) is 6.89. The zero-order valence-corrected chi connectivity index (χ0v) is 6.89. The summed E-state index contributed by atoms with van der Waals surface area (Å²) in [4.78, 5) is 11.0. The maximum Gasteiger partial charge on any atom is 0.149 e. The fourth-order valence-corrected chi connectivity index (χ4v) is 0.764. The highest BCUT2D eigenvalue weighted by molar-refractivity contribution is 5.83. The van der Waals surface area contributed by atoms with E-state index in [1.54, 1.807) is 0 Å². The van der Waals surface area contributed by atoms with Crippen molar-refractivity contribution in [1.82, 2.24) is 0 Å². The van der Waals surface area contributed by atoms with Gasteiger partial charge in [-0.2, -0.15) is 0 Å². The summed E-state index contributed by atoms with van der Waals surface area (Å²) in [6.07, 6.45) is 3.47. The molecule has 0 radical (unpaired) electrons. The van der Waals surface area contributed by atoms with Gasteiger partial charge in [0.05, 0.1) is 6.04 Å². The third-order valence-corrected chi connectivity index (χ3v) is 1.63. The minimum absolute atomic E-state index is 0.212. The number of unbranched alkanes of at least 4 members (excludes halogenated alkanes) is 1. The molecule has 60 valence electrons.